The van der Waals surface area contributed by atoms with Gasteiger partial charge in [0.2, 0.25) is 5.91 Å². The van der Waals surface area contributed by atoms with Crippen LogP contribution in [0, 0.1) is 0 Å². The number of nitrogens with zero attached hydrogens (tertiary/aromatic N) is 3. The topological polar surface area (TPSA) is 84.3 Å². The van der Waals surface area contributed by atoms with E-state index >= 15 is 0 Å². The molecule has 1 N–H and O–H groups in total. The van der Waals surface area contributed by atoms with Crippen LogP contribution in [0.25, 0.3) is 10.8 Å². The number of hydrogen-bond acceptors (Lipinski definition) is 4. The fourth-order valence-corrected chi connectivity index (χ4v) is 3.15. The second kappa shape index (κ2) is 8.04. The van der Waals surface area contributed by atoms with Gasteiger partial charge in [0.05, 0.1) is 5.39 Å². The van der Waals surface area contributed by atoms with Gasteiger partial charge in [-0.2, -0.15) is 5.10 Å². The van der Waals surface area contributed by atoms with Crippen molar-refractivity contribution in [2.45, 2.75) is 26.4 Å². The third-order valence-corrected chi connectivity index (χ3v) is 4.41. The summed E-state index contributed by atoms with van der Waals surface area (Å²) in [6.45, 7) is 3.54. The predicted octanol–water partition coefficient (Wildman–Crippen LogP) is 2.20. The van der Waals surface area contributed by atoms with Gasteiger partial charge in [0, 0.05) is 24.2 Å². The van der Waals surface area contributed by atoms with E-state index in [0.29, 0.717) is 10.8 Å². The molecule has 0 aliphatic rings. The Morgan fingerprint density at radius 2 is 1.64 bits per heavy atom. The first-order chi connectivity index (χ1) is 13.4. The molecule has 144 valence electrons. The predicted molar refractivity (Wildman–Crippen MR) is 108 cm³/mol. The lowest BCUT2D eigenvalue weighted by Gasteiger charge is -2.27. The van der Waals surface area contributed by atoms with E-state index in [1.54, 1.807) is 29.2 Å². The normalized spacial score (nSPS) is 10.9. The van der Waals surface area contributed by atoms with Crippen LogP contribution in [0.2, 0.25) is 0 Å². The Labute approximate surface area is 162 Å². The van der Waals surface area contributed by atoms with Gasteiger partial charge in [-0.05, 0) is 32.0 Å². The Kier molecular flexibility index (Phi) is 5.54. The average molecular weight is 378 g/mol. The maximum absolute atomic E-state index is 13.0. The van der Waals surface area contributed by atoms with Gasteiger partial charge >= 0.3 is 0 Å². The van der Waals surface area contributed by atoms with Gasteiger partial charge in [0.25, 0.3) is 11.5 Å². The monoisotopic (exact) mass is 378 g/mol. The van der Waals surface area contributed by atoms with E-state index in [-0.39, 0.29) is 24.2 Å². The van der Waals surface area contributed by atoms with Crippen LogP contribution in [0.3, 0.4) is 0 Å². The van der Waals surface area contributed by atoms with Gasteiger partial charge in [-0.15, -0.1) is 0 Å². The molecule has 0 saturated carbocycles. The molecule has 1 aromatic heterocycles. The molecule has 2 aromatic carbocycles. The Hall–Kier alpha value is -3.48. The summed E-state index contributed by atoms with van der Waals surface area (Å²) in [5, 5.41) is 7.52. The van der Waals surface area contributed by atoms with Crippen LogP contribution in [0.4, 0.5) is 5.69 Å². The first-order valence-corrected chi connectivity index (χ1v) is 9.03. The highest BCUT2D eigenvalue weighted by Gasteiger charge is 2.22. The largest absolute Gasteiger partial charge is 0.354 e. The standard InChI is InChI=1S/C21H22N4O3/c1-14(2)25(15-9-5-4-6-10-15)18(26)13-24-21(28)17-12-8-7-11-16(17)19(23-24)20(27)22-3/h4-12,14H,13H2,1-3H3,(H,22,27). The van der Waals surface area contributed by atoms with Crippen LogP contribution in [0.5, 0.6) is 0 Å². The minimum Gasteiger partial charge on any atom is -0.354 e. The van der Waals surface area contributed by atoms with Crippen molar-refractivity contribution in [3.05, 3.63) is 70.6 Å². The highest BCUT2D eigenvalue weighted by Crippen LogP contribution is 2.18. The number of amides is 2. The molecule has 3 rings (SSSR count). The summed E-state index contributed by atoms with van der Waals surface area (Å²) in [6.07, 6.45) is 0. The number of hydrogen-bond donors (Lipinski definition) is 1. The van der Waals surface area contributed by atoms with E-state index in [1.807, 2.05) is 44.2 Å². The fourth-order valence-electron chi connectivity index (χ4n) is 3.15. The lowest BCUT2D eigenvalue weighted by atomic mass is 10.1. The molecule has 28 heavy (non-hydrogen) atoms. The fraction of sp³-hybridized carbons (Fsp3) is 0.238. The number of aromatic nitrogens is 2. The highest BCUT2D eigenvalue weighted by molar-refractivity contribution is 6.04. The van der Waals surface area contributed by atoms with E-state index < -0.39 is 11.5 Å². The van der Waals surface area contributed by atoms with Crippen LogP contribution >= 0.6 is 0 Å². The summed E-state index contributed by atoms with van der Waals surface area (Å²) in [5.41, 5.74) is 0.442. The number of para-hydroxylation sites is 1. The van der Waals surface area contributed by atoms with Gasteiger partial charge in [-0.3, -0.25) is 14.4 Å². The minimum atomic E-state index is -0.416. The maximum atomic E-state index is 13.0. The minimum absolute atomic E-state index is 0.107. The first-order valence-electron chi connectivity index (χ1n) is 9.03. The van der Waals surface area contributed by atoms with E-state index in [4.69, 9.17) is 0 Å². The summed E-state index contributed by atoms with van der Waals surface area (Å²) in [7, 11) is 1.50. The zero-order valence-corrected chi connectivity index (χ0v) is 16.0. The van der Waals surface area contributed by atoms with Crippen molar-refractivity contribution in [2.75, 3.05) is 11.9 Å². The SMILES string of the molecule is CNC(=O)c1nn(CC(=O)N(c2ccccc2)C(C)C)c(=O)c2ccccc12. The Balaban J connectivity index is 2.06. The number of carbonyl (C=O) groups is 2. The second-order valence-electron chi connectivity index (χ2n) is 6.63. The Morgan fingerprint density at radius 1 is 1.04 bits per heavy atom. The third-order valence-electron chi connectivity index (χ3n) is 4.41. The molecule has 7 heteroatoms. The van der Waals surface area contributed by atoms with Crippen molar-refractivity contribution in [2.24, 2.45) is 0 Å². The highest BCUT2D eigenvalue weighted by atomic mass is 16.2. The van der Waals surface area contributed by atoms with Crippen molar-refractivity contribution in [3.8, 4) is 0 Å². The summed E-state index contributed by atoms with van der Waals surface area (Å²) in [6, 6.07) is 15.9. The molecule has 0 bridgehead atoms. The molecule has 0 atom stereocenters. The van der Waals surface area contributed by atoms with Crippen molar-refractivity contribution in [3.63, 3.8) is 0 Å². The number of rotatable bonds is 5. The molecule has 0 saturated heterocycles. The van der Waals surface area contributed by atoms with Crippen molar-refractivity contribution in [1.29, 1.82) is 0 Å². The molecule has 0 aliphatic heterocycles. The van der Waals surface area contributed by atoms with Gasteiger partial charge in [-0.1, -0.05) is 36.4 Å². The first kappa shape index (κ1) is 19.3. The molecule has 0 unspecified atom stereocenters. The molecular weight excluding hydrogens is 356 g/mol. The smallest absolute Gasteiger partial charge is 0.275 e. The molecule has 0 spiro atoms. The molecule has 0 fully saturated rings. The van der Waals surface area contributed by atoms with Crippen LogP contribution in [-0.4, -0.2) is 34.7 Å². The number of fused-ring (bicyclic) bond motifs is 1. The summed E-state index contributed by atoms with van der Waals surface area (Å²) in [5.74, 6) is -0.699. The molecule has 1 heterocycles. The Bertz CT molecular complexity index is 1070. The number of anilines is 1. The number of benzene rings is 2. The molecule has 3 aromatic rings. The Morgan fingerprint density at radius 3 is 2.25 bits per heavy atom. The molecule has 7 nitrogen and oxygen atoms in total. The zero-order valence-electron chi connectivity index (χ0n) is 16.0. The molecule has 2 amide bonds. The lowest BCUT2D eigenvalue weighted by Crippen LogP contribution is -2.42. The van der Waals surface area contributed by atoms with Crippen molar-refractivity contribution < 1.29 is 9.59 Å². The zero-order chi connectivity index (χ0) is 20.3. The summed E-state index contributed by atoms with van der Waals surface area (Å²) >= 11 is 0. The van der Waals surface area contributed by atoms with Gasteiger partial charge in [0.1, 0.15) is 6.54 Å². The van der Waals surface area contributed by atoms with Crippen molar-refractivity contribution >= 4 is 28.3 Å². The molecular formula is C21H22N4O3. The number of nitrogens with one attached hydrogen (secondary N) is 1. The van der Waals surface area contributed by atoms with Crippen LogP contribution in [0.15, 0.2) is 59.4 Å². The summed E-state index contributed by atoms with van der Waals surface area (Å²) in [4.78, 5) is 39.7. The van der Waals surface area contributed by atoms with Gasteiger partial charge in [0.15, 0.2) is 5.69 Å². The van der Waals surface area contributed by atoms with Crippen LogP contribution in [0.1, 0.15) is 24.3 Å². The van der Waals surface area contributed by atoms with E-state index in [1.165, 1.54) is 7.05 Å². The van der Waals surface area contributed by atoms with E-state index in [9.17, 15) is 14.4 Å². The van der Waals surface area contributed by atoms with E-state index in [2.05, 4.69) is 10.4 Å². The molecule has 0 radical (unpaired) electrons. The third kappa shape index (κ3) is 3.64. The quantitative estimate of drug-likeness (QED) is 0.738. The number of carbonyl (C=O) groups excluding carboxylic acids is 2. The van der Waals surface area contributed by atoms with Crippen LogP contribution < -0.4 is 15.8 Å². The second-order valence-corrected chi connectivity index (χ2v) is 6.63. The van der Waals surface area contributed by atoms with Crippen LogP contribution in [-0.2, 0) is 11.3 Å². The van der Waals surface area contributed by atoms with Gasteiger partial charge in [-0.25, -0.2) is 4.68 Å². The van der Waals surface area contributed by atoms with Gasteiger partial charge < -0.3 is 10.2 Å². The maximum Gasteiger partial charge on any atom is 0.275 e. The average Bonchev–Trinajstić information content (AvgIpc) is 2.70. The van der Waals surface area contributed by atoms with Crippen molar-refractivity contribution in [1.82, 2.24) is 15.1 Å². The van der Waals surface area contributed by atoms with E-state index in [0.717, 1.165) is 10.4 Å². The lowest BCUT2D eigenvalue weighted by molar-refractivity contribution is -0.119. The summed E-state index contributed by atoms with van der Waals surface area (Å²) < 4.78 is 1.06. The molecule has 0 aliphatic carbocycles.